The number of nitrogens with zero attached hydrogens (tertiary/aromatic N) is 3. The van der Waals surface area contributed by atoms with Gasteiger partial charge in [0.2, 0.25) is 5.91 Å². The predicted octanol–water partition coefficient (Wildman–Crippen LogP) is 1.43. The van der Waals surface area contributed by atoms with Crippen molar-refractivity contribution in [2.24, 2.45) is 7.05 Å². The molecule has 0 radical (unpaired) electrons. The van der Waals surface area contributed by atoms with Crippen LogP contribution in [0.3, 0.4) is 0 Å². The summed E-state index contributed by atoms with van der Waals surface area (Å²) in [5.41, 5.74) is 2.45. The van der Waals surface area contributed by atoms with Gasteiger partial charge in [0.25, 0.3) is 0 Å². The molecule has 1 fully saturated rings. The van der Waals surface area contributed by atoms with Crippen LogP contribution in [0.5, 0.6) is 0 Å². The zero-order valence-electron chi connectivity index (χ0n) is 13.2. The smallest absolute Gasteiger partial charge is 0.222 e. The van der Waals surface area contributed by atoms with Crippen molar-refractivity contribution in [3.05, 3.63) is 17.5 Å². The Balaban J connectivity index is 1.99. The van der Waals surface area contributed by atoms with Gasteiger partial charge in [0.1, 0.15) is 0 Å². The summed E-state index contributed by atoms with van der Waals surface area (Å²) in [6, 6.07) is 0.380. The van der Waals surface area contributed by atoms with E-state index in [9.17, 15) is 4.79 Å². The Labute approximate surface area is 121 Å². The summed E-state index contributed by atoms with van der Waals surface area (Å²) in [7, 11) is 3.84. The molecule has 1 amide bonds. The molecule has 20 heavy (non-hydrogen) atoms. The lowest BCUT2D eigenvalue weighted by Crippen LogP contribution is -2.46. The van der Waals surface area contributed by atoms with Crippen molar-refractivity contribution in [1.29, 1.82) is 0 Å². The average molecular weight is 278 g/mol. The van der Waals surface area contributed by atoms with Crippen molar-refractivity contribution in [2.45, 2.75) is 51.6 Å². The van der Waals surface area contributed by atoms with Crippen LogP contribution in [-0.2, 0) is 23.8 Å². The van der Waals surface area contributed by atoms with E-state index in [4.69, 9.17) is 0 Å². The lowest BCUT2D eigenvalue weighted by Gasteiger charge is -2.30. The maximum Gasteiger partial charge on any atom is 0.222 e. The number of likely N-dealkylation sites (tertiary alicyclic amines) is 1. The lowest BCUT2D eigenvalue weighted by atomic mass is 9.89. The van der Waals surface area contributed by atoms with Crippen LogP contribution < -0.4 is 5.32 Å². The molecule has 0 saturated carbocycles. The standard InChI is InChI=1S/C15H26N4O/c1-15(2,3)14-11(9-19(5)17-14)8-16-12-6-7-13(20)18(4)10-12/h9,12,16H,6-8,10H2,1-5H3. The largest absolute Gasteiger partial charge is 0.344 e. The number of nitrogens with one attached hydrogen (secondary N) is 1. The topological polar surface area (TPSA) is 50.2 Å². The van der Waals surface area contributed by atoms with Gasteiger partial charge in [-0.2, -0.15) is 5.10 Å². The quantitative estimate of drug-likeness (QED) is 0.910. The molecule has 2 heterocycles. The van der Waals surface area contributed by atoms with Gasteiger partial charge in [-0.05, 0) is 6.42 Å². The van der Waals surface area contributed by atoms with Gasteiger partial charge >= 0.3 is 0 Å². The number of aromatic nitrogens is 2. The Hall–Kier alpha value is -1.36. The summed E-state index contributed by atoms with van der Waals surface area (Å²) in [5, 5.41) is 8.15. The maximum absolute atomic E-state index is 11.5. The number of hydrogen-bond acceptors (Lipinski definition) is 3. The van der Waals surface area contributed by atoms with E-state index in [2.05, 4.69) is 37.4 Å². The van der Waals surface area contributed by atoms with Gasteiger partial charge in [-0.3, -0.25) is 9.48 Å². The van der Waals surface area contributed by atoms with Crippen molar-refractivity contribution >= 4 is 5.91 Å². The van der Waals surface area contributed by atoms with Crippen LogP contribution in [0.1, 0.15) is 44.9 Å². The van der Waals surface area contributed by atoms with Crippen molar-refractivity contribution in [3.63, 3.8) is 0 Å². The first-order valence-electron chi connectivity index (χ1n) is 7.27. The fraction of sp³-hybridized carbons (Fsp3) is 0.733. The third kappa shape index (κ3) is 3.39. The van der Waals surface area contributed by atoms with Crippen molar-refractivity contribution in [3.8, 4) is 0 Å². The highest BCUT2D eigenvalue weighted by Gasteiger charge is 2.25. The maximum atomic E-state index is 11.5. The van der Waals surface area contributed by atoms with Gasteiger partial charge in [0.05, 0.1) is 5.69 Å². The van der Waals surface area contributed by atoms with Crippen LogP contribution in [0.4, 0.5) is 0 Å². The van der Waals surface area contributed by atoms with E-state index < -0.39 is 0 Å². The summed E-state index contributed by atoms with van der Waals surface area (Å²) in [5.74, 6) is 0.250. The van der Waals surface area contributed by atoms with E-state index in [-0.39, 0.29) is 11.3 Å². The van der Waals surface area contributed by atoms with Crippen LogP contribution in [0.2, 0.25) is 0 Å². The monoisotopic (exact) mass is 278 g/mol. The second-order valence-electron chi connectivity index (χ2n) is 6.82. The Morgan fingerprint density at radius 3 is 2.70 bits per heavy atom. The Bertz CT molecular complexity index is 487. The van der Waals surface area contributed by atoms with Crippen LogP contribution >= 0.6 is 0 Å². The van der Waals surface area contributed by atoms with E-state index in [1.807, 2.05) is 23.7 Å². The zero-order valence-corrected chi connectivity index (χ0v) is 13.2. The minimum absolute atomic E-state index is 0.0532. The molecular weight excluding hydrogens is 252 g/mol. The molecule has 1 aromatic rings. The molecule has 5 heteroatoms. The van der Waals surface area contributed by atoms with Crippen LogP contribution in [0.25, 0.3) is 0 Å². The van der Waals surface area contributed by atoms with E-state index in [0.29, 0.717) is 12.5 Å². The first kappa shape index (κ1) is 15.0. The number of carbonyl (C=O) groups is 1. The number of hydrogen-bond donors (Lipinski definition) is 1. The molecule has 0 bridgehead atoms. The number of rotatable bonds is 3. The molecule has 1 saturated heterocycles. The van der Waals surface area contributed by atoms with E-state index in [0.717, 1.165) is 25.2 Å². The van der Waals surface area contributed by atoms with Crippen molar-refractivity contribution in [1.82, 2.24) is 20.0 Å². The molecule has 0 spiro atoms. The molecule has 0 aliphatic carbocycles. The predicted molar refractivity (Wildman–Crippen MR) is 79.4 cm³/mol. The molecule has 1 N–H and O–H groups in total. The fourth-order valence-corrected chi connectivity index (χ4v) is 2.73. The molecular formula is C15H26N4O. The summed E-state index contributed by atoms with van der Waals surface area (Å²) in [6.45, 7) is 8.17. The molecule has 1 aliphatic heterocycles. The molecule has 1 atom stereocenters. The fourth-order valence-electron chi connectivity index (χ4n) is 2.73. The van der Waals surface area contributed by atoms with Crippen LogP contribution in [0.15, 0.2) is 6.20 Å². The first-order valence-corrected chi connectivity index (χ1v) is 7.27. The Kier molecular flexibility index (Phi) is 4.18. The second-order valence-corrected chi connectivity index (χ2v) is 6.82. The number of aryl methyl sites for hydroxylation is 1. The summed E-state index contributed by atoms with van der Waals surface area (Å²) in [4.78, 5) is 13.3. The Morgan fingerprint density at radius 2 is 2.10 bits per heavy atom. The van der Waals surface area contributed by atoms with Gasteiger partial charge in [0, 0.05) is 56.8 Å². The Morgan fingerprint density at radius 1 is 1.40 bits per heavy atom. The SMILES string of the molecule is CN1CC(NCc2cn(C)nc2C(C)(C)C)CCC1=O. The number of carbonyl (C=O) groups excluding carboxylic acids is 1. The number of piperidine rings is 1. The minimum Gasteiger partial charge on any atom is -0.344 e. The zero-order chi connectivity index (χ0) is 14.9. The number of amides is 1. The molecule has 112 valence electrons. The summed E-state index contributed by atoms with van der Waals surface area (Å²) < 4.78 is 1.88. The molecule has 1 unspecified atom stereocenters. The third-order valence-electron chi connectivity index (χ3n) is 3.82. The highest BCUT2D eigenvalue weighted by molar-refractivity contribution is 5.76. The van der Waals surface area contributed by atoms with Gasteiger partial charge in [-0.15, -0.1) is 0 Å². The van der Waals surface area contributed by atoms with Crippen LogP contribution in [-0.4, -0.2) is 40.2 Å². The highest BCUT2D eigenvalue weighted by Crippen LogP contribution is 2.24. The molecule has 1 aliphatic rings. The van der Waals surface area contributed by atoms with Gasteiger partial charge in [-0.1, -0.05) is 20.8 Å². The lowest BCUT2D eigenvalue weighted by molar-refractivity contribution is -0.132. The van der Waals surface area contributed by atoms with Crippen molar-refractivity contribution in [2.75, 3.05) is 13.6 Å². The number of likely N-dealkylation sites (N-methyl/N-ethyl adjacent to an activating group) is 1. The normalized spacial score (nSPS) is 20.6. The van der Waals surface area contributed by atoms with Crippen LogP contribution in [0, 0.1) is 0 Å². The summed E-state index contributed by atoms with van der Waals surface area (Å²) in [6.07, 6.45) is 3.66. The minimum atomic E-state index is 0.0532. The average Bonchev–Trinajstić information content (AvgIpc) is 2.72. The molecule has 5 nitrogen and oxygen atoms in total. The molecule has 0 aromatic carbocycles. The van der Waals surface area contributed by atoms with Crippen molar-refractivity contribution < 1.29 is 4.79 Å². The highest BCUT2D eigenvalue weighted by atomic mass is 16.2. The van der Waals surface area contributed by atoms with E-state index >= 15 is 0 Å². The first-order chi connectivity index (χ1) is 9.27. The van der Waals surface area contributed by atoms with Gasteiger partial charge in [-0.25, -0.2) is 0 Å². The second kappa shape index (κ2) is 5.56. The van der Waals surface area contributed by atoms with Gasteiger partial charge < -0.3 is 10.2 Å². The van der Waals surface area contributed by atoms with E-state index in [1.54, 1.807) is 0 Å². The molecule has 2 rings (SSSR count). The van der Waals surface area contributed by atoms with E-state index in [1.165, 1.54) is 5.56 Å². The third-order valence-corrected chi connectivity index (χ3v) is 3.82. The molecule has 1 aromatic heterocycles. The van der Waals surface area contributed by atoms with Gasteiger partial charge in [0.15, 0.2) is 0 Å². The summed E-state index contributed by atoms with van der Waals surface area (Å²) >= 11 is 0.